The highest BCUT2D eigenvalue weighted by atomic mass is 16.5. The van der Waals surface area contributed by atoms with Crippen molar-refractivity contribution in [2.45, 2.75) is 43.4 Å². The molecule has 0 saturated carbocycles. The number of aliphatic hydroxyl groups excluding tert-OH is 3. The van der Waals surface area contributed by atoms with Gasteiger partial charge in [-0.3, -0.25) is 4.79 Å². The van der Waals surface area contributed by atoms with Crippen LogP contribution in [0, 0.1) is 0 Å². The third kappa shape index (κ3) is 3.84. The lowest BCUT2D eigenvalue weighted by Crippen LogP contribution is -2.62. The van der Waals surface area contributed by atoms with Crippen LogP contribution in [0.15, 0.2) is 12.2 Å². The van der Waals surface area contributed by atoms with E-state index in [-0.39, 0.29) is 6.29 Å². The number of rotatable bonds is 8. The number of carbonyl (C=O) groups excluding carboxylic acids is 1. The van der Waals surface area contributed by atoms with Gasteiger partial charge in [-0.2, -0.15) is 0 Å². The Bertz CT molecular complexity index is 289. The van der Waals surface area contributed by atoms with Gasteiger partial charge in [0.2, 0.25) is 0 Å². The third-order valence-corrected chi connectivity index (χ3v) is 2.56. The predicted octanol–water partition coefficient (Wildman–Crippen LogP) is -2.33. The minimum Gasteiger partial charge on any atom is -0.394 e. The fourth-order valence-electron chi connectivity index (χ4n) is 1.37. The van der Waals surface area contributed by atoms with Gasteiger partial charge in [-0.1, -0.05) is 25.5 Å². The Hall–Kier alpha value is -0.830. The van der Waals surface area contributed by atoms with E-state index in [0.717, 1.165) is 12.5 Å². The first-order valence-corrected chi connectivity index (χ1v) is 5.54. The van der Waals surface area contributed by atoms with Crippen molar-refractivity contribution in [3.63, 3.8) is 0 Å². The topological polar surface area (TPSA) is 138 Å². The maximum absolute atomic E-state index is 10.4. The van der Waals surface area contributed by atoms with Gasteiger partial charge in [-0.25, -0.2) is 0 Å². The first-order chi connectivity index (χ1) is 8.26. The number of unbranched alkanes of at least 4 members (excludes halogenated alkanes) is 1. The first-order valence-electron chi connectivity index (χ1n) is 5.54. The number of carbonyl (C=O) groups is 1. The van der Waals surface area contributed by atoms with E-state index in [9.17, 15) is 30.3 Å². The Morgan fingerprint density at radius 2 is 1.78 bits per heavy atom. The molecule has 0 aliphatic heterocycles. The van der Waals surface area contributed by atoms with Gasteiger partial charge in [0.25, 0.3) is 5.79 Å². The van der Waals surface area contributed by atoms with Crippen LogP contribution in [0.4, 0.5) is 0 Å². The lowest BCUT2D eigenvalue weighted by Gasteiger charge is -2.37. The second kappa shape index (κ2) is 6.93. The fraction of sp³-hybridized carbons (Fsp3) is 0.727. The SMILES string of the molecule is CCCC=CC(O)(C(O)CO)C(O)C(O)(O)C=O. The van der Waals surface area contributed by atoms with E-state index in [4.69, 9.17) is 5.11 Å². The van der Waals surface area contributed by atoms with Crippen LogP contribution >= 0.6 is 0 Å². The summed E-state index contributed by atoms with van der Waals surface area (Å²) in [5, 5.41) is 56.2. The molecule has 0 aliphatic carbocycles. The van der Waals surface area contributed by atoms with Crippen LogP contribution in [0.3, 0.4) is 0 Å². The number of hydrogen-bond donors (Lipinski definition) is 6. The fourth-order valence-corrected chi connectivity index (χ4v) is 1.37. The Morgan fingerprint density at radius 1 is 1.22 bits per heavy atom. The molecule has 0 rings (SSSR count). The Labute approximate surface area is 105 Å². The number of allylic oxidation sites excluding steroid dienone is 1. The molecule has 0 aromatic carbocycles. The smallest absolute Gasteiger partial charge is 0.251 e. The molecular weight excluding hydrogens is 244 g/mol. The standard InChI is InChI=1S/C11H20O7/c1-2-3-4-5-10(16,8(14)6-12)9(15)11(17,18)7-13/h4-5,7-9,12,14-18H,2-3,6H2,1H3. The van der Waals surface area contributed by atoms with Crippen molar-refractivity contribution in [2.24, 2.45) is 0 Å². The molecule has 3 unspecified atom stereocenters. The van der Waals surface area contributed by atoms with Crippen molar-refractivity contribution in [3.05, 3.63) is 12.2 Å². The molecule has 0 saturated heterocycles. The second-order valence-corrected chi connectivity index (χ2v) is 4.08. The minimum absolute atomic E-state index is 0.375. The van der Waals surface area contributed by atoms with E-state index in [1.165, 1.54) is 6.08 Å². The van der Waals surface area contributed by atoms with Crippen LogP contribution in [0.1, 0.15) is 19.8 Å². The third-order valence-electron chi connectivity index (χ3n) is 2.56. The quantitative estimate of drug-likeness (QED) is 0.164. The van der Waals surface area contributed by atoms with Gasteiger partial charge in [-0.15, -0.1) is 0 Å². The van der Waals surface area contributed by atoms with Crippen LogP contribution in [0.25, 0.3) is 0 Å². The molecule has 0 radical (unpaired) electrons. The van der Waals surface area contributed by atoms with Gasteiger partial charge in [0.15, 0.2) is 6.29 Å². The highest BCUT2D eigenvalue weighted by molar-refractivity contribution is 5.61. The summed E-state index contributed by atoms with van der Waals surface area (Å²) >= 11 is 0. The zero-order valence-electron chi connectivity index (χ0n) is 10.1. The van der Waals surface area contributed by atoms with Gasteiger partial charge in [0.1, 0.15) is 17.8 Å². The summed E-state index contributed by atoms with van der Waals surface area (Å²) in [7, 11) is 0. The van der Waals surface area contributed by atoms with Gasteiger partial charge in [0, 0.05) is 0 Å². The molecule has 3 atom stereocenters. The minimum atomic E-state index is -3.23. The molecule has 7 nitrogen and oxygen atoms in total. The largest absolute Gasteiger partial charge is 0.394 e. The van der Waals surface area contributed by atoms with E-state index >= 15 is 0 Å². The molecule has 0 spiro atoms. The molecule has 0 aromatic rings. The van der Waals surface area contributed by atoms with Crippen molar-refractivity contribution in [2.75, 3.05) is 6.61 Å². The molecule has 0 aromatic heterocycles. The first kappa shape index (κ1) is 17.2. The summed E-state index contributed by atoms with van der Waals surface area (Å²) in [5.74, 6) is -3.23. The number of aliphatic hydroxyl groups is 6. The average Bonchev–Trinajstić information content (AvgIpc) is 2.36. The lowest BCUT2D eigenvalue weighted by atomic mass is 9.85. The number of aldehydes is 1. The van der Waals surface area contributed by atoms with Crippen LogP contribution in [-0.4, -0.2) is 67.1 Å². The van der Waals surface area contributed by atoms with Crippen molar-refractivity contribution in [3.8, 4) is 0 Å². The van der Waals surface area contributed by atoms with Gasteiger partial charge >= 0.3 is 0 Å². The molecule has 18 heavy (non-hydrogen) atoms. The summed E-state index contributed by atoms with van der Waals surface area (Å²) in [6.45, 7) is 0.912. The van der Waals surface area contributed by atoms with Crippen molar-refractivity contribution in [1.29, 1.82) is 0 Å². The lowest BCUT2D eigenvalue weighted by molar-refractivity contribution is -0.256. The molecule has 0 aliphatic rings. The molecule has 6 N–H and O–H groups in total. The molecule has 106 valence electrons. The molecule has 7 heteroatoms. The van der Waals surface area contributed by atoms with Crippen LogP contribution in [0.2, 0.25) is 0 Å². The molecule has 0 amide bonds. The maximum Gasteiger partial charge on any atom is 0.251 e. The monoisotopic (exact) mass is 264 g/mol. The Morgan fingerprint density at radius 3 is 2.17 bits per heavy atom. The van der Waals surface area contributed by atoms with E-state index in [1.807, 2.05) is 6.92 Å². The van der Waals surface area contributed by atoms with Crippen molar-refractivity contribution in [1.82, 2.24) is 0 Å². The normalized spacial score (nSPS) is 19.5. The Balaban J connectivity index is 5.27. The summed E-state index contributed by atoms with van der Waals surface area (Å²) in [5.41, 5.74) is -2.55. The molecular formula is C11H20O7. The summed E-state index contributed by atoms with van der Waals surface area (Å²) < 4.78 is 0. The van der Waals surface area contributed by atoms with Gasteiger partial charge in [0.05, 0.1) is 6.61 Å². The van der Waals surface area contributed by atoms with E-state index in [2.05, 4.69) is 0 Å². The average molecular weight is 264 g/mol. The van der Waals surface area contributed by atoms with Crippen molar-refractivity contribution < 1.29 is 35.4 Å². The van der Waals surface area contributed by atoms with Crippen molar-refractivity contribution >= 4 is 6.29 Å². The van der Waals surface area contributed by atoms with Gasteiger partial charge in [-0.05, 0) is 6.42 Å². The van der Waals surface area contributed by atoms with Gasteiger partial charge < -0.3 is 30.6 Å². The molecule has 0 bridgehead atoms. The highest BCUT2D eigenvalue weighted by Crippen LogP contribution is 2.24. The second-order valence-electron chi connectivity index (χ2n) is 4.08. The van der Waals surface area contributed by atoms with E-state index in [1.54, 1.807) is 0 Å². The van der Waals surface area contributed by atoms with Crippen LogP contribution in [0.5, 0.6) is 0 Å². The number of hydrogen-bond acceptors (Lipinski definition) is 7. The zero-order chi connectivity index (χ0) is 14.4. The van der Waals surface area contributed by atoms with Crippen LogP contribution < -0.4 is 0 Å². The maximum atomic E-state index is 10.4. The summed E-state index contributed by atoms with van der Waals surface area (Å²) in [6.07, 6.45) is -1.11. The zero-order valence-corrected chi connectivity index (χ0v) is 10.1. The van der Waals surface area contributed by atoms with Crippen LogP contribution in [-0.2, 0) is 4.79 Å². The van der Waals surface area contributed by atoms with E-state index in [0.29, 0.717) is 6.42 Å². The van der Waals surface area contributed by atoms with E-state index < -0.39 is 30.2 Å². The summed E-state index contributed by atoms with van der Waals surface area (Å²) in [6, 6.07) is 0. The molecule has 0 heterocycles. The Kier molecular flexibility index (Phi) is 6.61. The highest BCUT2D eigenvalue weighted by Gasteiger charge is 2.50. The molecule has 0 fully saturated rings. The summed E-state index contributed by atoms with van der Waals surface area (Å²) in [4.78, 5) is 10.4. The predicted molar refractivity (Wildman–Crippen MR) is 61.3 cm³/mol.